The van der Waals surface area contributed by atoms with E-state index >= 15 is 0 Å². The molecule has 4 rings (SSSR count). The molecule has 2 aromatic rings. The number of aryl methyl sites for hydroxylation is 1. The molecule has 6 nitrogen and oxygen atoms in total. The molecule has 0 spiro atoms. The SMILES string of the molecule is CN1C(=O)CCc2cc(-c3cncc(C4(C(N)=O)COC4)c3)ccc21. The Morgan fingerprint density at radius 3 is 2.68 bits per heavy atom. The van der Waals surface area contributed by atoms with Crippen LogP contribution in [0, 0.1) is 0 Å². The van der Waals surface area contributed by atoms with Crippen molar-refractivity contribution in [3.8, 4) is 11.1 Å². The first-order valence-corrected chi connectivity index (χ1v) is 8.24. The van der Waals surface area contributed by atoms with E-state index in [9.17, 15) is 9.59 Å². The average molecular weight is 337 g/mol. The minimum Gasteiger partial charge on any atom is -0.378 e. The van der Waals surface area contributed by atoms with Gasteiger partial charge in [0.25, 0.3) is 0 Å². The first-order valence-electron chi connectivity index (χ1n) is 8.24. The molecule has 1 saturated heterocycles. The molecule has 0 aliphatic carbocycles. The van der Waals surface area contributed by atoms with Gasteiger partial charge in [-0.05, 0) is 41.3 Å². The highest BCUT2D eigenvalue weighted by atomic mass is 16.5. The molecular weight excluding hydrogens is 318 g/mol. The standard InChI is InChI=1S/C19H19N3O3/c1-22-16-4-2-12(6-13(16)3-5-17(22)23)14-7-15(9-21-8-14)19(18(20)24)10-25-11-19/h2,4,6-9H,3,5,10-11H2,1H3,(H2,20,24). The molecule has 0 radical (unpaired) electrons. The maximum absolute atomic E-state index is 11.9. The van der Waals surface area contributed by atoms with Gasteiger partial charge in [0.1, 0.15) is 5.41 Å². The number of amides is 2. The maximum Gasteiger partial charge on any atom is 0.232 e. The van der Waals surface area contributed by atoms with Crippen LogP contribution in [0.2, 0.25) is 0 Å². The molecule has 0 bridgehead atoms. The van der Waals surface area contributed by atoms with Crippen molar-refractivity contribution in [3.63, 3.8) is 0 Å². The lowest BCUT2D eigenvalue weighted by Crippen LogP contribution is -2.56. The predicted octanol–water partition coefficient (Wildman–Crippen LogP) is 1.41. The van der Waals surface area contributed by atoms with Gasteiger partial charge in [-0.2, -0.15) is 0 Å². The third-order valence-corrected chi connectivity index (χ3v) is 5.22. The van der Waals surface area contributed by atoms with Gasteiger partial charge in [0, 0.05) is 37.1 Å². The first-order chi connectivity index (χ1) is 12.0. The zero-order valence-corrected chi connectivity index (χ0v) is 14.0. The topological polar surface area (TPSA) is 85.5 Å². The number of pyridine rings is 1. The Labute approximate surface area is 145 Å². The van der Waals surface area contributed by atoms with Gasteiger partial charge >= 0.3 is 0 Å². The lowest BCUT2D eigenvalue weighted by atomic mass is 9.78. The summed E-state index contributed by atoms with van der Waals surface area (Å²) in [5, 5.41) is 0. The summed E-state index contributed by atoms with van der Waals surface area (Å²) < 4.78 is 5.23. The molecule has 1 aromatic heterocycles. The fourth-order valence-electron chi connectivity index (χ4n) is 3.45. The summed E-state index contributed by atoms with van der Waals surface area (Å²) in [6, 6.07) is 7.99. The summed E-state index contributed by atoms with van der Waals surface area (Å²) in [6.07, 6.45) is 4.71. The second kappa shape index (κ2) is 5.67. The molecule has 2 amide bonds. The van der Waals surface area contributed by atoms with Gasteiger partial charge in [-0.3, -0.25) is 14.6 Å². The lowest BCUT2D eigenvalue weighted by molar-refractivity contribution is -0.141. The molecule has 1 fully saturated rings. The summed E-state index contributed by atoms with van der Waals surface area (Å²) in [5.74, 6) is -0.249. The molecule has 25 heavy (non-hydrogen) atoms. The Hall–Kier alpha value is -2.73. The number of nitrogens with two attached hydrogens (primary N) is 1. The third kappa shape index (κ3) is 2.41. The Kier molecular flexibility index (Phi) is 3.58. The molecule has 6 heteroatoms. The van der Waals surface area contributed by atoms with Gasteiger partial charge in [-0.25, -0.2) is 0 Å². The van der Waals surface area contributed by atoms with E-state index in [2.05, 4.69) is 11.1 Å². The number of rotatable bonds is 3. The van der Waals surface area contributed by atoms with Crippen molar-refractivity contribution in [2.75, 3.05) is 25.2 Å². The second-order valence-corrected chi connectivity index (χ2v) is 6.70. The summed E-state index contributed by atoms with van der Waals surface area (Å²) in [4.78, 5) is 29.7. The zero-order valence-electron chi connectivity index (χ0n) is 14.0. The van der Waals surface area contributed by atoms with Crippen LogP contribution in [0.5, 0.6) is 0 Å². The monoisotopic (exact) mass is 337 g/mol. The number of nitrogens with zero attached hydrogens (tertiary/aromatic N) is 2. The van der Waals surface area contributed by atoms with E-state index in [1.54, 1.807) is 24.3 Å². The Bertz CT molecular complexity index is 874. The summed E-state index contributed by atoms with van der Waals surface area (Å²) in [5.41, 5.74) is 9.62. The van der Waals surface area contributed by atoms with Crippen molar-refractivity contribution in [2.24, 2.45) is 5.73 Å². The highest BCUT2D eigenvalue weighted by Gasteiger charge is 2.46. The number of carbonyl (C=O) groups excluding carboxylic acids is 2. The minimum atomic E-state index is -0.774. The van der Waals surface area contributed by atoms with E-state index in [-0.39, 0.29) is 11.8 Å². The number of anilines is 1. The molecule has 2 N–H and O–H groups in total. The molecule has 128 valence electrons. The van der Waals surface area contributed by atoms with Crippen molar-refractivity contribution in [1.82, 2.24) is 4.98 Å². The van der Waals surface area contributed by atoms with Crippen LogP contribution in [0.15, 0.2) is 36.7 Å². The van der Waals surface area contributed by atoms with Crippen LogP contribution in [0.4, 0.5) is 5.69 Å². The van der Waals surface area contributed by atoms with Gasteiger partial charge in [-0.1, -0.05) is 6.07 Å². The minimum absolute atomic E-state index is 0.136. The van der Waals surface area contributed by atoms with Gasteiger partial charge in [0.05, 0.1) is 13.2 Å². The zero-order chi connectivity index (χ0) is 17.6. The Morgan fingerprint density at radius 1 is 1.20 bits per heavy atom. The molecule has 2 aliphatic heterocycles. The van der Waals surface area contributed by atoms with E-state index in [4.69, 9.17) is 10.5 Å². The molecule has 3 heterocycles. The van der Waals surface area contributed by atoms with Crippen LogP contribution in [-0.4, -0.2) is 37.1 Å². The number of carbonyl (C=O) groups is 2. The predicted molar refractivity (Wildman–Crippen MR) is 93.1 cm³/mol. The van der Waals surface area contributed by atoms with Gasteiger partial charge in [-0.15, -0.1) is 0 Å². The van der Waals surface area contributed by atoms with Crippen molar-refractivity contribution >= 4 is 17.5 Å². The summed E-state index contributed by atoms with van der Waals surface area (Å²) >= 11 is 0. The Balaban J connectivity index is 1.73. The number of benzene rings is 1. The summed E-state index contributed by atoms with van der Waals surface area (Å²) in [7, 11) is 1.80. The van der Waals surface area contributed by atoms with Crippen LogP contribution >= 0.6 is 0 Å². The second-order valence-electron chi connectivity index (χ2n) is 6.70. The smallest absolute Gasteiger partial charge is 0.232 e. The molecule has 0 atom stereocenters. The molecule has 0 unspecified atom stereocenters. The van der Waals surface area contributed by atoms with E-state index in [0.29, 0.717) is 19.6 Å². The largest absolute Gasteiger partial charge is 0.378 e. The first kappa shape index (κ1) is 15.8. The van der Waals surface area contributed by atoms with Crippen molar-refractivity contribution in [2.45, 2.75) is 18.3 Å². The fraction of sp³-hybridized carbons (Fsp3) is 0.316. The third-order valence-electron chi connectivity index (χ3n) is 5.22. The molecular formula is C19H19N3O3. The van der Waals surface area contributed by atoms with Crippen LogP contribution in [0.1, 0.15) is 17.5 Å². The van der Waals surface area contributed by atoms with E-state index in [1.807, 2.05) is 18.2 Å². The van der Waals surface area contributed by atoms with Crippen molar-refractivity contribution < 1.29 is 14.3 Å². The van der Waals surface area contributed by atoms with Gasteiger partial charge in [0.15, 0.2) is 0 Å². The fourth-order valence-corrected chi connectivity index (χ4v) is 3.45. The quantitative estimate of drug-likeness (QED) is 0.918. The number of hydrogen-bond acceptors (Lipinski definition) is 4. The van der Waals surface area contributed by atoms with Crippen LogP contribution in [-0.2, 0) is 26.2 Å². The Morgan fingerprint density at radius 2 is 2.00 bits per heavy atom. The number of aromatic nitrogens is 1. The van der Waals surface area contributed by atoms with Gasteiger partial charge in [0.2, 0.25) is 11.8 Å². The van der Waals surface area contributed by atoms with Crippen molar-refractivity contribution in [3.05, 3.63) is 47.8 Å². The van der Waals surface area contributed by atoms with Crippen LogP contribution in [0.3, 0.4) is 0 Å². The van der Waals surface area contributed by atoms with E-state index in [1.165, 1.54) is 0 Å². The van der Waals surface area contributed by atoms with E-state index in [0.717, 1.165) is 34.4 Å². The maximum atomic E-state index is 11.9. The van der Waals surface area contributed by atoms with Crippen LogP contribution < -0.4 is 10.6 Å². The normalized spacial score (nSPS) is 18.4. The molecule has 2 aliphatic rings. The van der Waals surface area contributed by atoms with Crippen LogP contribution in [0.25, 0.3) is 11.1 Å². The number of hydrogen-bond donors (Lipinski definition) is 1. The summed E-state index contributed by atoms with van der Waals surface area (Å²) in [6.45, 7) is 0.592. The number of ether oxygens (including phenoxy) is 1. The lowest BCUT2D eigenvalue weighted by Gasteiger charge is -2.38. The average Bonchev–Trinajstić information content (AvgIpc) is 2.57. The van der Waals surface area contributed by atoms with E-state index < -0.39 is 5.41 Å². The van der Waals surface area contributed by atoms with Crippen molar-refractivity contribution in [1.29, 1.82) is 0 Å². The highest BCUT2D eigenvalue weighted by molar-refractivity contribution is 5.96. The number of fused-ring (bicyclic) bond motifs is 1. The number of primary amides is 1. The molecule has 1 aromatic carbocycles. The molecule has 0 saturated carbocycles. The van der Waals surface area contributed by atoms with Gasteiger partial charge < -0.3 is 15.4 Å². The highest BCUT2D eigenvalue weighted by Crippen LogP contribution is 2.35.